The molecule has 0 radical (unpaired) electrons. The predicted molar refractivity (Wildman–Crippen MR) is 111 cm³/mol. The van der Waals surface area contributed by atoms with Crippen LogP contribution in [-0.2, 0) is 0 Å². The number of nitrogens with two attached hydrogens (primary N) is 1. The SMILES string of the molecule is C=C1C=COc2cc(N(C)C)ccc2C(N/C=C/C=C\C=C\N)C/C=C\1. The lowest BCUT2D eigenvalue weighted by Gasteiger charge is -2.22. The highest BCUT2D eigenvalue weighted by molar-refractivity contribution is 5.54. The molecule has 1 aromatic rings. The van der Waals surface area contributed by atoms with E-state index in [-0.39, 0.29) is 6.04 Å². The normalized spacial score (nSPS) is 18.8. The second-order valence-corrected chi connectivity index (χ2v) is 6.10. The molecule has 1 aliphatic heterocycles. The smallest absolute Gasteiger partial charge is 0.133 e. The Hall–Kier alpha value is -3.14. The second-order valence-electron chi connectivity index (χ2n) is 6.10. The Morgan fingerprint density at radius 1 is 1.19 bits per heavy atom. The largest absolute Gasteiger partial charge is 0.465 e. The molecule has 0 fully saturated rings. The molecule has 1 aliphatic rings. The van der Waals surface area contributed by atoms with Crippen molar-refractivity contribution in [2.45, 2.75) is 12.5 Å². The zero-order valence-corrected chi connectivity index (χ0v) is 15.4. The van der Waals surface area contributed by atoms with Crippen LogP contribution in [0.1, 0.15) is 18.0 Å². The Labute approximate surface area is 156 Å². The van der Waals surface area contributed by atoms with Crippen molar-refractivity contribution in [2.24, 2.45) is 5.73 Å². The van der Waals surface area contributed by atoms with E-state index in [1.807, 2.05) is 50.7 Å². The number of nitrogens with zero attached hydrogens (tertiary/aromatic N) is 1. The van der Waals surface area contributed by atoms with Gasteiger partial charge in [-0.2, -0.15) is 0 Å². The Morgan fingerprint density at radius 3 is 2.77 bits per heavy atom. The Bertz CT molecular complexity index is 755. The van der Waals surface area contributed by atoms with Crippen LogP contribution in [-0.4, -0.2) is 14.1 Å². The molecule has 0 bridgehead atoms. The number of fused-ring (bicyclic) bond motifs is 1. The van der Waals surface area contributed by atoms with Gasteiger partial charge in [-0.3, -0.25) is 0 Å². The number of ether oxygens (including phenoxy) is 1. The van der Waals surface area contributed by atoms with Gasteiger partial charge in [0, 0.05) is 31.4 Å². The van der Waals surface area contributed by atoms with E-state index in [2.05, 4.69) is 41.1 Å². The van der Waals surface area contributed by atoms with Crippen LogP contribution in [0.5, 0.6) is 5.75 Å². The van der Waals surface area contributed by atoms with Crippen molar-refractivity contribution in [3.63, 3.8) is 0 Å². The van der Waals surface area contributed by atoms with Crippen LogP contribution in [0.25, 0.3) is 0 Å². The average molecular weight is 349 g/mol. The van der Waals surface area contributed by atoms with Gasteiger partial charge in [0.2, 0.25) is 0 Å². The fourth-order valence-corrected chi connectivity index (χ4v) is 2.50. The molecule has 1 unspecified atom stereocenters. The maximum Gasteiger partial charge on any atom is 0.133 e. The van der Waals surface area contributed by atoms with Crippen molar-refractivity contribution in [2.75, 3.05) is 19.0 Å². The highest BCUT2D eigenvalue weighted by atomic mass is 16.5. The van der Waals surface area contributed by atoms with Gasteiger partial charge in [0.15, 0.2) is 0 Å². The van der Waals surface area contributed by atoms with Crippen LogP contribution in [0.3, 0.4) is 0 Å². The summed E-state index contributed by atoms with van der Waals surface area (Å²) >= 11 is 0. The minimum atomic E-state index is 0.0893. The van der Waals surface area contributed by atoms with Gasteiger partial charge in [-0.1, -0.05) is 36.9 Å². The lowest BCUT2D eigenvalue weighted by atomic mass is 10.0. The summed E-state index contributed by atoms with van der Waals surface area (Å²) in [6.45, 7) is 4.00. The highest BCUT2D eigenvalue weighted by Gasteiger charge is 2.15. The van der Waals surface area contributed by atoms with E-state index in [4.69, 9.17) is 10.5 Å². The predicted octanol–water partition coefficient (Wildman–Crippen LogP) is 4.33. The van der Waals surface area contributed by atoms with E-state index >= 15 is 0 Å². The zero-order chi connectivity index (χ0) is 18.8. The molecule has 3 N–H and O–H groups in total. The van der Waals surface area contributed by atoms with Gasteiger partial charge in [0.05, 0.1) is 12.3 Å². The molecule has 0 saturated heterocycles. The molecule has 0 saturated carbocycles. The average Bonchev–Trinajstić information content (AvgIpc) is 2.63. The molecule has 4 nitrogen and oxygen atoms in total. The number of allylic oxidation sites excluding steroid dienone is 7. The Balaban J connectivity index is 2.29. The number of rotatable bonds is 5. The summed E-state index contributed by atoms with van der Waals surface area (Å²) in [5, 5.41) is 3.45. The molecular weight excluding hydrogens is 322 g/mol. The fraction of sp³-hybridized carbons (Fsp3) is 0.182. The van der Waals surface area contributed by atoms with Crippen LogP contribution in [0.2, 0.25) is 0 Å². The summed E-state index contributed by atoms with van der Waals surface area (Å²) in [6, 6.07) is 6.36. The quantitative estimate of drug-likeness (QED) is 0.777. The monoisotopic (exact) mass is 349 g/mol. The summed E-state index contributed by atoms with van der Waals surface area (Å²) in [5.74, 6) is 0.836. The Kier molecular flexibility index (Phi) is 7.37. The molecule has 26 heavy (non-hydrogen) atoms. The third-order valence-electron chi connectivity index (χ3n) is 3.91. The first-order valence-corrected chi connectivity index (χ1v) is 8.58. The van der Waals surface area contributed by atoms with Gasteiger partial charge in [0.1, 0.15) is 5.75 Å². The molecule has 1 heterocycles. The first-order valence-electron chi connectivity index (χ1n) is 8.58. The molecule has 2 rings (SSSR count). The van der Waals surface area contributed by atoms with Gasteiger partial charge in [-0.25, -0.2) is 0 Å². The van der Waals surface area contributed by atoms with Crippen molar-refractivity contribution in [3.8, 4) is 5.75 Å². The third kappa shape index (κ3) is 5.74. The summed E-state index contributed by atoms with van der Waals surface area (Å²) in [6.07, 6.45) is 19.4. The van der Waals surface area contributed by atoms with E-state index in [0.29, 0.717) is 0 Å². The van der Waals surface area contributed by atoms with E-state index in [1.54, 1.807) is 12.3 Å². The standard InChI is InChI=1S/C22H27N3O/c1-18-9-8-10-21(24-15-7-5-4-6-14-23)20-12-11-19(25(2)3)17-22(20)26-16-13-18/h4-9,11-17,21,24H,1,10,23H2,2-3H3/b5-4-,9-8-,14-6+,15-7+,16-13?. The number of hydrogen-bond acceptors (Lipinski definition) is 4. The van der Waals surface area contributed by atoms with Crippen molar-refractivity contribution in [1.82, 2.24) is 5.32 Å². The molecule has 136 valence electrons. The lowest BCUT2D eigenvalue weighted by Crippen LogP contribution is -2.16. The fourth-order valence-electron chi connectivity index (χ4n) is 2.50. The van der Waals surface area contributed by atoms with Crippen LogP contribution in [0, 0.1) is 0 Å². The molecule has 4 heteroatoms. The first-order chi connectivity index (χ1) is 12.6. The number of nitrogens with one attached hydrogen (secondary N) is 1. The zero-order valence-electron chi connectivity index (χ0n) is 15.4. The topological polar surface area (TPSA) is 50.5 Å². The highest BCUT2D eigenvalue weighted by Crippen LogP contribution is 2.32. The third-order valence-corrected chi connectivity index (χ3v) is 3.91. The van der Waals surface area contributed by atoms with Crippen LogP contribution in [0.15, 0.2) is 91.5 Å². The minimum Gasteiger partial charge on any atom is -0.465 e. The van der Waals surface area contributed by atoms with Crippen molar-refractivity contribution in [1.29, 1.82) is 0 Å². The maximum atomic E-state index is 5.91. The molecule has 0 spiro atoms. The van der Waals surface area contributed by atoms with Crippen LogP contribution < -0.4 is 20.7 Å². The van der Waals surface area contributed by atoms with E-state index in [9.17, 15) is 0 Å². The molecule has 1 aromatic carbocycles. The van der Waals surface area contributed by atoms with Crippen molar-refractivity contribution < 1.29 is 4.74 Å². The number of hydrogen-bond donors (Lipinski definition) is 2. The van der Waals surface area contributed by atoms with Gasteiger partial charge < -0.3 is 20.7 Å². The van der Waals surface area contributed by atoms with Gasteiger partial charge in [-0.05, 0) is 48.7 Å². The van der Waals surface area contributed by atoms with Gasteiger partial charge in [0.25, 0.3) is 0 Å². The van der Waals surface area contributed by atoms with Gasteiger partial charge >= 0.3 is 0 Å². The summed E-state index contributed by atoms with van der Waals surface area (Å²) in [4.78, 5) is 2.06. The second kappa shape index (κ2) is 9.99. The van der Waals surface area contributed by atoms with Gasteiger partial charge in [-0.15, -0.1) is 0 Å². The van der Waals surface area contributed by atoms with E-state index in [1.165, 1.54) is 6.20 Å². The molecule has 1 atom stereocenters. The Morgan fingerprint density at radius 2 is 2.00 bits per heavy atom. The maximum absolute atomic E-state index is 5.91. The van der Waals surface area contributed by atoms with Crippen LogP contribution in [0.4, 0.5) is 5.69 Å². The molecule has 0 aromatic heterocycles. The summed E-state index contributed by atoms with van der Waals surface area (Å²) in [5.41, 5.74) is 8.41. The lowest BCUT2D eigenvalue weighted by molar-refractivity contribution is 0.462. The number of anilines is 1. The van der Waals surface area contributed by atoms with Crippen molar-refractivity contribution in [3.05, 3.63) is 97.1 Å². The molecule has 0 amide bonds. The molecular formula is C22H27N3O. The summed E-state index contributed by atoms with van der Waals surface area (Å²) < 4.78 is 5.91. The summed E-state index contributed by atoms with van der Waals surface area (Å²) in [7, 11) is 4.03. The van der Waals surface area contributed by atoms with Crippen LogP contribution >= 0.6 is 0 Å². The molecule has 0 aliphatic carbocycles. The van der Waals surface area contributed by atoms with Crippen molar-refractivity contribution >= 4 is 5.69 Å². The number of benzene rings is 1. The first kappa shape index (κ1) is 19.2. The minimum absolute atomic E-state index is 0.0893. The van der Waals surface area contributed by atoms with E-state index < -0.39 is 0 Å². The van der Waals surface area contributed by atoms with E-state index in [0.717, 1.165) is 29.0 Å².